The zero-order valence-corrected chi connectivity index (χ0v) is 24.2. The molecule has 5 aromatic rings. The molecule has 3 aromatic heterocycles. The van der Waals surface area contributed by atoms with Gasteiger partial charge in [0.25, 0.3) is 5.56 Å². The number of thiazole rings is 1. The molecule has 6 rings (SSSR count). The Hall–Kier alpha value is -2.72. The highest BCUT2D eigenvalue weighted by atomic mass is 35.5. The third-order valence-corrected chi connectivity index (χ3v) is 8.80. The molecule has 1 aliphatic heterocycles. The van der Waals surface area contributed by atoms with Crippen LogP contribution in [0.4, 0.5) is 0 Å². The highest BCUT2D eigenvalue weighted by Crippen LogP contribution is 2.35. The van der Waals surface area contributed by atoms with Crippen molar-refractivity contribution in [3.63, 3.8) is 0 Å². The normalized spacial score (nSPS) is 14.6. The van der Waals surface area contributed by atoms with E-state index < -0.39 is 0 Å². The molecule has 1 saturated heterocycles. The van der Waals surface area contributed by atoms with E-state index in [4.69, 9.17) is 32.9 Å². The summed E-state index contributed by atoms with van der Waals surface area (Å²) in [5.74, 6) is 0. The maximum absolute atomic E-state index is 13.4. The summed E-state index contributed by atoms with van der Waals surface area (Å²) >= 11 is 14.3. The Morgan fingerprint density at radius 2 is 1.82 bits per heavy atom. The number of fused-ring (bicyclic) bond motifs is 3. The first-order valence-corrected chi connectivity index (χ1v) is 14.6. The summed E-state index contributed by atoms with van der Waals surface area (Å²) in [4.78, 5) is 20.7. The predicted octanol–water partition coefficient (Wildman–Crippen LogP) is 5.55. The van der Waals surface area contributed by atoms with Gasteiger partial charge in [-0.2, -0.15) is 0 Å². The van der Waals surface area contributed by atoms with Crippen LogP contribution in [0.2, 0.25) is 10.0 Å². The molecule has 0 spiro atoms. The van der Waals surface area contributed by atoms with E-state index in [2.05, 4.69) is 38.4 Å². The first kappa shape index (κ1) is 26.5. The molecule has 1 fully saturated rings. The van der Waals surface area contributed by atoms with Gasteiger partial charge in [0.05, 0.1) is 29.4 Å². The van der Waals surface area contributed by atoms with Crippen LogP contribution in [0, 0.1) is 0 Å². The van der Waals surface area contributed by atoms with Crippen LogP contribution in [-0.4, -0.2) is 58.4 Å². The first-order chi connectivity index (χ1) is 18.9. The number of rotatable bonds is 7. The Labute approximate surface area is 240 Å². The Balaban J connectivity index is 1.31. The summed E-state index contributed by atoms with van der Waals surface area (Å²) in [5, 5.41) is 9.73. The molecule has 0 unspecified atom stereocenters. The van der Waals surface area contributed by atoms with Gasteiger partial charge in [0.15, 0.2) is 0 Å². The summed E-state index contributed by atoms with van der Waals surface area (Å²) < 4.78 is 9.18. The lowest BCUT2D eigenvalue weighted by Crippen LogP contribution is -2.40. The molecule has 202 valence electrons. The van der Waals surface area contributed by atoms with E-state index in [1.165, 1.54) is 0 Å². The molecule has 0 amide bonds. The average molecular weight is 583 g/mol. The fraction of sp³-hybridized carbons (Fsp3) is 0.310. The van der Waals surface area contributed by atoms with E-state index in [0.29, 0.717) is 21.2 Å². The van der Waals surface area contributed by atoms with Crippen molar-refractivity contribution in [3.05, 3.63) is 73.3 Å². The standard InChI is InChI=1S/C29H29Cl2N5O2S/c1-34-26-6-3-18(25-17-39-27(33-25)16-32-7-8-36-9-11-38-12-10-36)13-21(26)22-15-23(29(37)35(2)28(22)34)20-5-4-19(30)14-24(20)31/h3-6,13-15,17,32H,7-12,16H2,1-2H3. The number of aromatic nitrogens is 3. The van der Waals surface area contributed by atoms with Crippen molar-refractivity contribution in [1.29, 1.82) is 0 Å². The van der Waals surface area contributed by atoms with Crippen LogP contribution in [0.3, 0.4) is 0 Å². The average Bonchev–Trinajstić information content (AvgIpc) is 3.52. The van der Waals surface area contributed by atoms with E-state index in [1.54, 1.807) is 41.2 Å². The Morgan fingerprint density at radius 1 is 1.00 bits per heavy atom. The monoisotopic (exact) mass is 581 g/mol. The number of ether oxygens (including phenoxy) is 1. The summed E-state index contributed by atoms with van der Waals surface area (Å²) in [5.41, 5.74) is 5.00. The van der Waals surface area contributed by atoms with Gasteiger partial charge in [0.2, 0.25) is 0 Å². The van der Waals surface area contributed by atoms with Gasteiger partial charge >= 0.3 is 0 Å². The Morgan fingerprint density at radius 3 is 2.62 bits per heavy atom. The van der Waals surface area contributed by atoms with Gasteiger partial charge in [0.1, 0.15) is 10.7 Å². The minimum Gasteiger partial charge on any atom is -0.379 e. The molecule has 2 aromatic carbocycles. The van der Waals surface area contributed by atoms with Crippen molar-refractivity contribution >= 4 is 56.5 Å². The third kappa shape index (κ3) is 5.13. The van der Waals surface area contributed by atoms with Crippen LogP contribution in [0.25, 0.3) is 44.3 Å². The van der Waals surface area contributed by atoms with Crippen LogP contribution in [0.1, 0.15) is 5.01 Å². The number of morpholine rings is 1. The minimum atomic E-state index is -0.108. The topological polar surface area (TPSA) is 64.3 Å². The van der Waals surface area contributed by atoms with E-state index >= 15 is 0 Å². The summed E-state index contributed by atoms with van der Waals surface area (Å²) in [7, 11) is 3.79. The highest BCUT2D eigenvalue weighted by molar-refractivity contribution is 7.09. The maximum Gasteiger partial charge on any atom is 0.259 e. The molecule has 0 radical (unpaired) electrons. The number of benzene rings is 2. The van der Waals surface area contributed by atoms with Crippen molar-refractivity contribution in [2.24, 2.45) is 14.1 Å². The zero-order chi connectivity index (χ0) is 27.1. The van der Waals surface area contributed by atoms with Gasteiger partial charge in [-0.25, -0.2) is 4.98 Å². The van der Waals surface area contributed by atoms with Gasteiger partial charge < -0.3 is 14.6 Å². The fourth-order valence-corrected chi connectivity index (χ4v) is 6.62. The van der Waals surface area contributed by atoms with E-state index in [-0.39, 0.29) is 5.56 Å². The second-order valence-corrected chi connectivity index (χ2v) is 11.6. The SMILES string of the molecule is Cn1c(=O)c(-c2ccc(Cl)cc2Cl)cc2c3cc(-c4csc(CNCCN5CCOCC5)n4)ccc3n(C)c21. The molecule has 0 aliphatic carbocycles. The molecule has 7 nitrogen and oxygen atoms in total. The molecule has 0 bridgehead atoms. The molecule has 1 N–H and O–H groups in total. The zero-order valence-electron chi connectivity index (χ0n) is 21.8. The first-order valence-electron chi connectivity index (χ1n) is 12.9. The number of nitrogens with zero attached hydrogens (tertiary/aromatic N) is 4. The predicted molar refractivity (Wildman–Crippen MR) is 161 cm³/mol. The van der Waals surface area contributed by atoms with Gasteiger partial charge in [-0.3, -0.25) is 14.3 Å². The van der Waals surface area contributed by atoms with Gasteiger partial charge in [-0.05, 0) is 30.3 Å². The number of halogens is 2. The number of aryl methyl sites for hydroxylation is 2. The number of pyridine rings is 1. The lowest BCUT2D eigenvalue weighted by atomic mass is 10.0. The molecule has 10 heteroatoms. The molecule has 39 heavy (non-hydrogen) atoms. The van der Waals surface area contributed by atoms with Gasteiger partial charge in [0, 0.05) is 84.7 Å². The van der Waals surface area contributed by atoms with Crippen LogP contribution in [0.15, 0.2) is 52.6 Å². The van der Waals surface area contributed by atoms with Gasteiger partial charge in [-0.15, -0.1) is 11.3 Å². The number of nitrogens with one attached hydrogen (secondary N) is 1. The Bertz CT molecular complexity index is 1740. The van der Waals surface area contributed by atoms with Crippen LogP contribution in [0.5, 0.6) is 0 Å². The molecule has 0 saturated carbocycles. The minimum absolute atomic E-state index is 0.108. The summed E-state index contributed by atoms with van der Waals surface area (Å²) in [6.07, 6.45) is 0. The fourth-order valence-electron chi connectivity index (χ4n) is 5.33. The lowest BCUT2D eigenvalue weighted by Gasteiger charge is -2.26. The van der Waals surface area contributed by atoms with Crippen molar-refractivity contribution < 1.29 is 4.74 Å². The van der Waals surface area contributed by atoms with Crippen molar-refractivity contribution in [2.45, 2.75) is 6.54 Å². The van der Waals surface area contributed by atoms with E-state index in [0.717, 1.165) is 84.1 Å². The molecular weight excluding hydrogens is 553 g/mol. The summed E-state index contributed by atoms with van der Waals surface area (Å²) in [6.45, 7) is 6.34. The lowest BCUT2D eigenvalue weighted by molar-refractivity contribution is 0.0384. The van der Waals surface area contributed by atoms with Crippen molar-refractivity contribution in [3.8, 4) is 22.4 Å². The maximum atomic E-state index is 13.4. The third-order valence-electron chi connectivity index (χ3n) is 7.40. The van der Waals surface area contributed by atoms with Gasteiger partial charge in [-0.1, -0.05) is 35.3 Å². The van der Waals surface area contributed by atoms with Crippen LogP contribution < -0.4 is 10.9 Å². The van der Waals surface area contributed by atoms with Crippen LogP contribution >= 0.6 is 34.5 Å². The van der Waals surface area contributed by atoms with E-state index in [1.807, 2.05) is 13.1 Å². The highest BCUT2D eigenvalue weighted by Gasteiger charge is 2.18. The second-order valence-electron chi connectivity index (χ2n) is 9.83. The molecule has 0 atom stereocenters. The van der Waals surface area contributed by atoms with Crippen molar-refractivity contribution in [2.75, 3.05) is 39.4 Å². The molecule has 1 aliphatic rings. The molecule has 4 heterocycles. The van der Waals surface area contributed by atoms with Crippen LogP contribution in [-0.2, 0) is 25.4 Å². The Kier molecular flexibility index (Phi) is 7.50. The smallest absolute Gasteiger partial charge is 0.259 e. The van der Waals surface area contributed by atoms with E-state index in [9.17, 15) is 4.79 Å². The summed E-state index contributed by atoms with van der Waals surface area (Å²) in [6, 6.07) is 13.5. The second kappa shape index (κ2) is 11.0. The van der Waals surface area contributed by atoms with Crippen molar-refractivity contribution in [1.82, 2.24) is 24.3 Å². The quantitative estimate of drug-likeness (QED) is 0.255. The molecular formula is C29H29Cl2N5O2S. The number of hydrogen-bond acceptors (Lipinski definition) is 6. The largest absolute Gasteiger partial charge is 0.379 e. The number of hydrogen-bond donors (Lipinski definition) is 1.